The number of halogens is 3. The molecule has 3 N–H and O–H groups in total. The zero-order chi connectivity index (χ0) is 22.9. The molecule has 1 amide bonds. The van der Waals surface area contributed by atoms with Crippen LogP contribution < -0.4 is 21.1 Å². The molecule has 2 aliphatic rings. The lowest BCUT2D eigenvalue weighted by Gasteiger charge is -2.34. The van der Waals surface area contributed by atoms with E-state index in [4.69, 9.17) is 0 Å². The molecule has 0 radical (unpaired) electrons. The SMILES string of the molecule is Cc1cccc(C2NNCC2C(=O)NC2CCN(c3cc(C(F)(F)F)nc(C)n3)CC2)c1. The van der Waals surface area contributed by atoms with E-state index in [1.54, 1.807) is 0 Å². The van der Waals surface area contributed by atoms with Gasteiger partial charge in [0, 0.05) is 31.7 Å². The summed E-state index contributed by atoms with van der Waals surface area (Å²) in [6.07, 6.45) is -3.23. The van der Waals surface area contributed by atoms with Crippen molar-refractivity contribution in [3.8, 4) is 0 Å². The van der Waals surface area contributed by atoms with E-state index in [2.05, 4.69) is 32.2 Å². The average molecular weight is 448 g/mol. The van der Waals surface area contributed by atoms with Crippen molar-refractivity contribution in [3.63, 3.8) is 0 Å². The fraction of sp³-hybridized carbons (Fsp3) is 0.500. The first kappa shape index (κ1) is 22.5. The van der Waals surface area contributed by atoms with Crippen LogP contribution in [0.5, 0.6) is 0 Å². The number of alkyl halides is 3. The maximum atomic E-state index is 13.1. The van der Waals surface area contributed by atoms with E-state index < -0.39 is 11.9 Å². The largest absolute Gasteiger partial charge is 0.433 e. The van der Waals surface area contributed by atoms with Crippen molar-refractivity contribution in [3.05, 3.63) is 53.0 Å². The molecular weight excluding hydrogens is 421 g/mol. The van der Waals surface area contributed by atoms with Crippen LogP contribution in [0, 0.1) is 19.8 Å². The lowest BCUT2D eigenvalue weighted by molar-refractivity contribution is -0.141. The lowest BCUT2D eigenvalue weighted by atomic mass is 9.92. The van der Waals surface area contributed by atoms with Crippen molar-refractivity contribution in [2.75, 3.05) is 24.5 Å². The number of hydrazine groups is 1. The monoisotopic (exact) mass is 448 g/mol. The van der Waals surface area contributed by atoms with E-state index in [9.17, 15) is 18.0 Å². The highest BCUT2D eigenvalue weighted by Crippen LogP contribution is 2.31. The number of aryl methyl sites for hydroxylation is 2. The number of carbonyl (C=O) groups is 1. The quantitative estimate of drug-likeness (QED) is 0.667. The number of piperidine rings is 1. The van der Waals surface area contributed by atoms with Crippen LogP contribution in [0.4, 0.5) is 19.0 Å². The summed E-state index contributed by atoms with van der Waals surface area (Å²) in [5, 5.41) is 3.14. The number of anilines is 1. The van der Waals surface area contributed by atoms with Gasteiger partial charge in [-0.1, -0.05) is 29.8 Å². The van der Waals surface area contributed by atoms with E-state index in [1.807, 2.05) is 30.0 Å². The smallest absolute Gasteiger partial charge is 0.356 e. The highest BCUT2D eigenvalue weighted by atomic mass is 19.4. The second kappa shape index (κ2) is 9.03. The van der Waals surface area contributed by atoms with Crippen LogP contribution in [0.1, 0.15) is 41.5 Å². The van der Waals surface area contributed by atoms with Crippen molar-refractivity contribution in [2.45, 2.75) is 44.9 Å². The Labute approximate surface area is 184 Å². The number of nitrogens with one attached hydrogen (secondary N) is 3. The maximum absolute atomic E-state index is 13.1. The zero-order valence-corrected chi connectivity index (χ0v) is 18.0. The third kappa shape index (κ3) is 5.02. The molecule has 0 bridgehead atoms. The standard InChI is InChI=1S/C22H27F3N6O/c1-13-4-3-5-15(10-13)20-17(12-26-30-20)21(32)29-16-6-8-31(9-7-16)19-11-18(22(23,24)25)27-14(2)28-19/h3-5,10-11,16-17,20,26,30H,6-9,12H2,1-2H3,(H,29,32). The summed E-state index contributed by atoms with van der Waals surface area (Å²) in [5.74, 6) is 0.102. The van der Waals surface area contributed by atoms with E-state index >= 15 is 0 Å². The van der Waals surface area contributed by atoms with E-state index in [0.29, 0.717) is 32.5 Å². The number of nitrogens with zero attached hydrogens (tertiary/aromatic N) is 3. The van der Waals surface area contributed by atoms with E-state index in [-0.39, 0.29) is 35.6 Å². The highest BCUT2D eigenvalue weighted by molar-refractivity contribution is 5.80. The first-order chi connectivity index (χ1) is 15.2. The van der Waals surface area contributed by atoms with Crippen LogP contribution in [0.25, 0.3) is 0 Å². The molecule has 10 heteroatoms. The van der Waals surface area contributed by atoms with Gasteiger partial charge in [0.2, 0.25) is 5.91 Å². The van der Waals surface area contributed by atoms with Gasteiger partial charge in [-0.05, 0) is 32.3 Å². The number of amides is 1. The second-order valence-corrected chi connectivity index (χ2v) is 8.45. The lowest BCUT2D eigenvalue weighted by Crippen LogP contribution is -2.47. The van der Waals surface area contributed by atoms with Crippen LogP contribution in [-0.4, -0.2) is 41.6 Å². The topological polar surface area (TPSA) is 82.2 Å². The van der Waals surface area contributed by atoms with Gasteiger partial charge in [0.25, 0.3) is 0 Å². The second-order valence-electron chi connectivity index (χ2n) is 8.45. The number of aromatic nitrogens is 2. The van der Waals surface area contributed by atoms with Crippen molar-refractivity contribution in [2.24, 2.45) is 5.92 Å². The van der Waals surface area contributed by atoms with Crippen LogP contribution >= 0.6 is 0 Å². The highest BCUT2D eigenvalue weighted by Gasteiger charge is 2.36. The van der Waals surface area contributed by atoms with Crippen LogP contribution in [0.15, 0.2) is 30.3 Å². The number of hydrogen-bond acceptors (Lipinski definition) is 6. The van der Waals surface area contributed by atoms with Gasteiger partial charge >= 0.3 is 6.18 Å². The van der Waals surface area contributed by atoms with Gasteiger partial charge in [0.15, 0.2) is 0 Å². The summed E-state index contributed by atoms with van der Waals surface area (Å²) < 4.78 is 39.2. The Morgan fingerprint density at radius 2 is 1.91 bits per heavy atom. The van der Waals surface area contributed by atoms with Crippen LogP contribution in [-0.2, 0) is 11.0 Å². The van der Waals surface area contributed by atoms with Gasteiger partial charge in [0.05, 0.1) is 12.0 Å². The molecule has 2 aliphatic heterocycles. The summed E-state index contributed by atoms with van der Waals surface area (Å²) >= 11 is 0. The molecule has 3 heterocycles. The Hall–Kier alpha value is -2.72. The van der Waals surface area contributed by atoms with Gasteiger partial charge in [-0.3, -0.25) is 10.2 Å². The summed E-state index contributed by atoms with van der Waals surface area (Å²) in [7, 11) is 0. The Morgan fingerprint density at radius 1 is 1.16 bits per heavy atom. The summed E-state index contributed by atoms with van der Waals surface area (Å²) in [6.45, 7) is 5.04. The van der Waals surface area contributed by atoms with Crippen molar-refractivity contribution >= 4 is 11.7 Å². The average Bonchev–Trinajstić information content (AvgIpc) is 3.23. The molecule has 2 saturated heterocycles. The molecular formula is C22H27F3N6O. The van der Waals surface area contributed by atoms with Gasteiger partial charge < -0.3 is 10.2 Å². The minimum Gasteiger partial charge on any atom is -0.356 e. The molecule has 2 aromatic rings. The molecule has 0 saturated carbocycles. The van der Waals surface area contributed by atoms with E-state index in [1.165, 1.54) is 6.92 Å². The molecule has 172 valence electrons. The van der Waals surface area contributed by atoms with E-state index in [0.717, 1.165) is 17.2 Å². The minimum atomic E-state index is -4.51. The Morgan fingerprint density at radius 3 is 2.59 bits per heavy atom. The van der Waals surface area contributed by atoms with Gasteiger partial charge in [-0.25, -0.2) is 15.4 Å². The zero-order valence-electron chi connectivity index (χ0n) is 18.0. The first-order valence-corrected chi connectivity index (χ1v) is 10.7. The Bertz CT molecular complexity index is 974. The fourth-order valence-electron chi connectivity index (χ4n) is 4.34. The maximum Gasteiger partial charge on any atom is 0.433 e. The molecule has 7 nitrogen and oxygen atoms in total. The predicted molar refractivity (Wildman–Crippen MR) is 114 cm³/mol. The summed E-state index contributed by atoms with van der Waals surface area (Å²) in [5.41, 5.74) is 7.54. The molecule has 32 heavy (non-hydrogen) atoms. The first-order valence-electron chi connectivity index (χ1n) is 10.7. The number of carbonyl (C=O) groups excluding carboxylic acids is 1. The molecule has 0 spiro atoms. The van der Waals surface area contributed by atoms with Crippen LogP contribution in [0.2, 0.25) is 0 Å². The van der Waals surface area contributed by atoms with Gasteiger partial charge in [0.1, 0.15) is 17.3 Å². The number of hydrogen-bond donors (Lipinski definition) is 3. The molecule has 0 aliphatic carbocycles. The van der Waals surface area contributed by atoms with Crippen molar-refractivity contribution in [1.29, 1.82) is 0 Å². The normalized spacial score (nSPS) is 22.2. The van der Waals surface area contributed by atoms with Gasteiger partial charge in [-0.15, -0.1) is 0 Å². The molecule has 2 unspecified atom stereocenters. The Balaban J connectivity index is 1.36. The third-order valence-corrected chi connectivity index (χ3v) is 6.00. The number of benzene rings is 1. The fourth-order valence-corrected chi connectivity index (χ4v) is 4.34. The predicted octanol–water partition coefficient (Wildman–Crippen LogP) is 2.66. The molecule has 2 atom stereocenters. The third-order valence-electron chi connectivity index (χ3n) is 6.00. The van der Waals surface area contributed by atoms with Crippen LogP contribution in [0.3, 0.4) is 0 Å². The molecule has 1 aromatic carbocycles. The minimum absolute atomic E-state index is 0.0234. The molecule has 4 rings (SSSR count). The van der Waals surface area contributed by atoms with Gasteiger partial charge in [-0.2, -0.15) is 13.2 Å². The molecule has 2 fully saturated rings. The summed E-state index contributed by atoms with van der Waals surface area (Å²) in [4.78, 5) is 22.5. The Kier molecular flexibility index (Phi) is 6.34. The summed E-state index contributed by atoms with van der Waals surface area (Å²) in [6, 6.07) is 8.94. The molecule has 1 aromatic heterocycles. The van der Waals surface area contributed by atoms with Crippen molar-refractivity contribution < 1.29 is 18.0 Å². The van der Waals surface area contributed by atoms with Crippen molar-refractivity contribution in [1.82, 2.24) is 26.1 Å². The number of rotatable bonds is 4.